The fourth-order valence-electron chi connectivity index (χ4n) is 1.28. The minimum absolute atomic E-state index is 0.244. The number of H-pyrrole nitrogens is 1. The zero-order valence-electron chi connectivity index (χ0n) is 9.17. The van der Waals surface area contributed by atoms with E-state index in [1.807, 2.05) is 0 Å². The molecule has 0 aliphatic heterocycles. The summed E-state index contributed by atoms with van der Waals surface area (Å²) in [6.07, 6.45) is 4.77. The van der Waals surface area contributed by atoms with E-state index in [2.05, 4.69) is 22.2 Å². The molecule has 0 aromatic carbocycles. The zero-order valence-corrected chi connectivity index (χ0v) is 9.17. The Morgan fingerprint density at radius 1 is 1.53 bits per heavy atom. The first kappa shape index (κ1) is 11.6. The Labute approximate surface area is 88.9 Å². The molecule has 1 aromatic heterocycles. The van der Waals surface area contributed by atoms with Crippen LogP contribution in [0, 0.1) is 0 Å². The van der Waals surface area contributed by atoms with Gasteiger partial charge < -0.3 is 15.0 Å². The number of anilines is 1. The van der Waals surface area contributed by atoms with E-state index in [0.29, 0.717) is 5.82 Å². The highest BCUT2D eigenvalue weighted by Gasteiger charge is 2.07. The highest BCUT2D eigenvalue weighted by Crippen LogP contribution is 2.13. The van der Waals surface area contributed by atoms with E-state index in [9.17, 15) is 4.79 Å². The van der Waals surface area contributed by atoms with Crippen molar-refractivity contribution < 1.29 is 4.74 Å². The first-order chi connectivity index (χ1) is 7.29. The van der Waals surface area contributed by atoms with E-state index in [1.54, 1.807) is 0 Å². The van der Waals surface area contributed by atoms with E-state index < -0.39 is 0 Å². The van der Waals surface area contributed by atoms with Gasteiger partial charge >= 0.3 is 0 Å². The smallest absolute Gasteiger partial charge is 0.295 e. The number of hydrogen-bond acceptors (Lipinski definition) is 4. The average Bonchev–Trinajstić information content (AvgIpc) is 2.24. The average molecular weight is 211 g/mol. The van der Waals surface area contributed by atoms with Crippen molar-refractivity contribution in [3.63, 3.8) is 0 Å². The normalized spacial score (nSPS) is 10.0. The molecule has 0 saturated heterocycles. The second kappa shape index (κ2) is 6.06. The van der Waals surface area contributed by atoms with Gasteiger partial charge in [0.15, 0.2) is 5.82 Å². The summed E-state index contributed by atoms with van der Waals surface area (Å²) in [4.78, 5) is 17.8. The zero-order chi connectivity index (χ0) is 11.1. The van der Waals surface area contributed by atoms with Crippen LogP contribution >= 0.6 is 0 Å². The van der Waals surface area contributed by atoms with Gasteiger partial charge in [-0.05, 0) is 6.42 Å². The van der Waals surface area contributed by atoms with Gasteiger partial charge in [0, 0.05) is 6.54 Å². The lowest BCUT2D eigenvalue weighted by Gasteiger charge is -2.07. The lowest BCUT2D eigenvalue weighted by Crippen LogP contribution is -2.14. The van der Waals surface area contributed by atoms with Gasteiger partial charge in [0.2, 0.25) is 5.75 Å². The van der Waals surface area contributed by atoms with E-state index in [4.69, 9.17) is 4.74 Å². The molecule has 5 nitrogen and oxygen atoms in total. The second-order valence-corrected chi connectivity index (χ2v) is 3.25. The van der Waals surface area contributed by atoms with Gasteiger partial charge in [0.05, 0.1) is 13.4 Å². The number of rotatable bonds is 6. The summed E-state index contributed by atoms with van der Waals surface area (Å²) in [5.74, 6) is 0.756. The Hall–Kier alpha value is -1.52. The molecule has 0 unspecified atom stereocenters. The summed E-state index contributed by atoms with van der Waals surface area (Å²) < 4.78 is 4.96. The van der Waals surface area contributed by atoms with Crippen molar-refractivity contribution in [2.45, 2.75) is 26.2 Å². The van der Waals surface area contributed by atoms with Crippen molar-refractivity contribution in [1.29, 1.82) is 0 Å². The van der Waals surface area contributed by atoms with Crippen LogP contribution in [0.2, 0.25) is 0 Å². The Kier molecular flexibility index (Phi) is 4.66. The van der Waals surface area contributed by atoms with Gasteiger partial charge in [-0.15, -0.1) is 0 Å². The number of ether oxygens (including phenoxy) is 1. The standard InChI is InChI=1S/C10H17N3O2/c1-3-4-5-6-11-9-8(15-2)10(14)13-7-12-9/h7H,3-6H2,1-2H3,(H2,11,12,13,14). The molecule has 0 radical (unpaired) electrons. The summed E-state index contributed by atoms with van der Waals surface area (Å²) in [7, 11) is 1.46. The number of unbranched alkanes of at least 4 members (excludes halogenated alkanes) is 2. The Morgan fingerprint density at radius 2 is 2.33 bits per heavy atom. The predicted octanol–water partition coefficient (Wildman–Crippen LogP) is 1.38. The third kappa shape index (κ3) is 3.27. The quantitative estimate of drug-likeness (QED) is 0.697. The van der Waals surface area contributed by atoms with Crippen LogP contribution in [-0.4, -0.2) is 23.6 Å². The molecule has 0 atom stereocenters. The molecule has 0 saturated carbocycles. The topological polar surface area (TPSA) is 67.0 Å². The summed E-state index contributed by atoms with van der Waals surface area (Å²) in [6.45, 7) is 2.95. The number of hydrogen-bond donors (Lipinski definition) is 2. The third-order valence-electron chi connectivity index (χ3n) is 2.09. The molecule has 0 fully saturated rings. The Bertz CT molecular complexity index is 349. The fourth-order valence-corrected chi connectivity index (χ4v) is 1.28. The molecule has 2 N–H and O–H groups in total. The molecule has 1 aromatic rings. The third-order valence-corrected chi connectivity index (χ3v) is 2.09. The van der Waals surface area contributed by atoms with Gasteiger partial charge in [0.25, 0.3) is 5.56 Å². The van der Waals surface area contributed by atoms with E-state index >= 15 is 0 Å². The van der Waals surface area contributed by atoms with Crippen molar-refractivity contribution in [3.05, 3.63) is 16.7 Å². The Balaban J connectivity index is 2.60. The maximum Gasteiger partial charge on any atom is 0.295 e. The number of aromatic nitrogens is 2. The predicted molar refractivity (Wildman–Crippen MR) is 59.4 cm³/mol. The fraction of sp³-hybridized carbons (Fsp3) is 0.600. The van der Waals surface area contributed by atoms with Crippen LogP contribution in [0.3, 0.4) is 0 Å². The van der Waals surface area contributed by atoms with Crippen LogP contribution in [-0.2, 0) is 0 Å². The van der Waals surface area contributed by atoms with Crippen molar-refractivity contribution in [2.75, 3.05) is 19.0 Å². The molecular formula is C10H17N3O2. The van der Waals surface area contributed by atoms with Crippen molar-refractivity contribution in [1.82, 2.24) is 9.97 Å². The number of nitrogens with zero attached hydrogens (tertiary/aromatic N) is 1. The van der Waals surface area contributed by atoms with Gasteiger partial charge in [-0.1, -0.05) is 19.8 Å². The molecule has 15 heavy (non-hydrogen) atoms. The molecular weight excluding hydrogens is 194 g/mol. The highest BCUT2D eigenvalue weighted by atomic mass is 16.5. The molecule has 0 amide bonds. The van der Waals surface area contributed by atoms with Crippen LogP contribution in [0.4, 0.5) is 5.82 Å². The maximum atomic E-state index is 11.3. The van der Waals surface area contributed by atoms with Crippen LogP contribution in [0.1, 0.15) is 26.2 Å². The van der Waals surface area contributed by atoms with Crippen LogP contribution < -0.4 is 15.6 Å². The molecule has 1 heterocycles. The van der Waals surface area contributed by atoms with Crippen molar-refractivity contribution >= 4 is 5.82 Å². The maximum absolute atomic E-state index is 11.3. The largest absolute Gasteiger partial charge is 0.489 e. The van der Waals surface area contributed by atoms with Gasteiger partial charge in [-0.2, -0.15) is 0 Å². The molecule has 0 aliphatic carbocycles. The lowest BCUT2D eigenvalue weighted by molar-refractivity contribution is 0.408. The summed E-state index contributed by atoms with van der Waals surface area (Å²) in [5, 5.41) is 3.08. The van der Waals surface area contributed by atoms with Gasteiger partial charge in [0.1, 0.15) is 0 Å². The minimum Gasteiger partial charge on any atom is -0.489 e. The summed E-state index contributed by atoms with van der Waals surface area (Å²) in [6, 6.07) is 0. The van der Waals surface area contributed by atoms with Gasteiger partial charge in [-0.25, -0.2) is 4.98 Å². The highest BCUT2D eigenvalue weighted by molar-refractivity contribution is 5.47. The monoisotopic (exact) mass is 211 g/mol. The molecule has 0 spiro atoms. The molecule has 1 rings (SSSR count). The molecule has 84 valence electrons. The van der Waals surface area contributed by atoms with Crippen molar-refractivity contribution in [3.8, 4) is 5.75 Å². The van der Waals surface area contributed by atoms with Crippen molar-refractivity contribution in [2.24, 2.45) is 0 Å². The lowest BCUT2D eigenvalue weighted by atomic mass is 10.2. The van der Waals surface area contributed by atoms with E-state index in [0.717, 1.165) is 13.0 Å². The second-order valence-electron chi connectivity index (χ2n) is 3.25. The first-order valence-electron chi connectivity index (χ1n) is 5.15. The van der Waals surface area contributed by atoms with Crippen LogP contribution in [0.15, 0.2) is 11.1 Å². The number of methoxy groups -OCH3 is 1. The first-order valence-corrected chi connectivity index (χ1v) is 5.15. The van der Waals surface area contributed by atoms with Gasteiger partial charge in [-0.3, -0.25) is 4.79 Å². The van der Waals surface area contributed by atoms with E-state index in [1.165, 1.54) is 26.3 Å². The minimum atomic E-state index is -0.259. The molecule has 5 heteroatoms. The summed E-state index contributed by atoms with van der Waals surface area (Å²) in [5.41, 5.74) is -0.259. The SMILES string of the molecule is CCCCCNc1nc[nH]c(=O)c1OC. The van der Waals surface area contributed by atoms with Crippen LogP contribution in [0.5, 0.6) is 5.75 Å². The van der Waals surface area contributed by atoms with E-state index in [-0.39, 0.29) is 11.3 Å². The summed E-state index contributed by atoms with van der Waals surface area (Å²) >= 11 is 0. The number of nitrogens with one attached hydrogen (secondary N) is 2. The van der Waals surface area contributed by atoms with Crippen LogP contribution in [0.25, 0.3) is 0 Å². The Morgan fingerprint density at radius 3 is 3.00 bits per heavy atom. The molecule has 0 aliphatic rings. The molecule has 0 bridgehead atoms. The number of aromatic amines is 1.